The third-order valence-corrected chi connectivity index (χ3v) is 3.56. The Kier molecular flexibility index (Phi) is 2.86. The highest BCUT2D eigenvalue weighted by Gasteiger charge is 2.11. The van der Waals surface area contributed by atoms with Gasteiger partial charge in [-0.25, -0.2) is 9.97 Å². The van der Waals surface area contributed by atoms with E-state index in [2.05, 4.69) is 29.2 Å². The average molecular weight is 221 g/mol. The summed E-state index contributed by atoms with van der Waals surface area (Å²) in [4.78, 5) is 8.74. The fourth-order valence-corrected chi connectivity index (χ4v) is 2.40. The van der Waals surface area contributed by atoms with Crippen molar-refractivity contribution in [1.29, 1.82) is 0 Å². The summed E-state index contributed by atoms with van der Waals surface area (Å²) in [7, 11) is 1.99. The van der Waals surface area contributed by atoms with E-state index in [0.29, 0.717) is 5.92 Å². The molecule has 0 bridgehead atoms. The van der Waals surface area contributed by atoms with Crippen molar-refractivity contribution >= 4 is 11.3 Å². The minimum absolute atomic E-state index is 0.545. The van der Waals surface area contributed by atoms with E-state index in [0.717, 1.165) is 17.1 Å². The van der Waals surface area contributed by atoms with Gasteiger partial charge < -0.3 is 4.57 Å². The molecule has 1 unspecified atom stereocenters. The topological polar surface area (TPSA) is 30.7 Å². The van der Waals surface area contributed by atoms with Gasteiger partial charge in [0.15, 0.2) is 0 Å². The fourth-order valence-electron chi connectivity index (χ4n) is 1.40. The Morgan fingerprint density at radius 2 is 2.33 bits per heavy atom. The van der Waals surface area contributed by atoms with Crippen LogP contribution in [0.3, 0.4) is 0 Å². The van der Waals surface area contributed by atoms with Gasteiger partial charge in [0, 0.05) is 12.4 Å². The zero-order valence-corrected chi connectivity index (χ0v) is 10.1. The second kappa shape index (κ2) is 4.14. The molecule has 0 aromatic carbocycles. The third kappa shape index (κ3) is 1.95. The molecular formula is C11H15N3S. The lowest BCUT2D eigenvalue weighted by Gasteiger charge is -2.02. The molecule has 1 atom stereocenters. The molecular weight excluding hydrogens is 206 g/mol. The SMILES string of the molecule is CCC(C)c1csc(-c2cncn2C)n1. The van der Waals surface area contributed by atoms with Crippen molar-refractivity contribution in [3.63, 3.8) is 0 Å². The van der Waals surface area contributed by atoms with E-state index < -0.39 is 0 Å². The van der Waals surface area contributed by atoms with Gasteiger partial charge in [-0.2, -0.15) is 0 Å². The summed E-state index contributed by atoms with van der Waals surface area (Å²) in [6, 6.07) is 0. The Balaban J connectivity index is 2.32. The second-order valence-corrected chi connectivity index (χ2v) is 4.63. The molecule has 0 aliphatic rings. The van der Waals surface area contributed by atoms with Crippen molar-refractivity contribution in [3.8, 4) is 10.7 Å². The van der Waals surface area contributed by atoms with E-state index in [-0.39, 0.29) is 0 Å². The third-order valence-electron chi connectivity index (χ3n) is 2.68. The van der Waals surface area contributed by atoms with Crippen molar-refractivity contribution in [2.24, 2.45) is 7.05 Å². The predicted octanol–water partition coefficient (Wildman–Crippen LogP) is 3.06. The number of nitrogens with zero attached hydrogens (tertiary/aromatic N) is 3. The quantitative estimate of drug-likeness (QED) is 0.797. The van der Waals surface area contributed by atoms with E-state index in [9.17, 15) is 0 Å². The van der Waals surface area contributed by atoms with E-state index in [1.165, 1.54) is 5.69 Å². The summed E-state index contributed by atoms with van der Waals surface area (Å²) >= 11 is 1.69. The van der Waals surface area contributed by atoms with Gasteiger partial charge in [0.25, 0.3) is 0 Å². The molecule has 0 spiro atoms. The number of aromatic nitrogens is 3. The molecule has 0 aliphatic carbocycles. The lowest BCUT2D eigenvalue weighted by molar-refractivity contribution is 0.714. The van der Waals surface area contributed by atoms with Crippen LogP contribution in [0.2, 0.25) is 0 Å². The molecule has 0 fully saturated rings. The molecule has 15 heavy (non-hydrogen) atoms. The minimum atomic E-state index is 0.545. The number of hydrogen-bond donors (Lipinski definition) is 0. The van der Waals surface area contributed by atoms with Gasteiger partial charge in [0.1, 0.15) is 5.01 Å². The smallest absolute Gasteiger partial charge is 0.141 e. The van der Waals surface area contributed by atoms with Gasteiger partial charge in [-0.15, -0.1) is 11.3 Å². The molecule has 0 saturated carbocycles. The second-order valence-electron chi connectivity index (χ2n) is 3.78. The molecule has 0 N–H and O–H groups in total. The Bertz CT molecular complexity index is 444. The molecule has 3 nitrogen and oxygen atoms in total. The minimum Gasteiger partial charge on any atom is -0.332 e. The first kappa shape index (κ1) is 10.4. The van der Waals surface area contributed by atoms with Gasteiger partial charge in [-0.1, -0.05) is 13.8 Å². The molecule has 0 aliphatic heterocycles. The summed E-state index contributed by atoms with van der Waals surface area (Å²) in [5, 5.41) is 3.21. The highest BCUT2D eigenvalue weighted by Crippen LogP contribution is 2.27. The van der Waals surface area contributed by atoms with Crippen LogP contribution in [0.5, 0.6) is 0 Å². The van der Waals surface area contributed by atoms with Crippen LogP contribution in [0.25, 0.3) is 10.7 Å². The summed E-state index contributed by atoms with van der Waals surface area (Å²) in [6.07, 6.45) is 4.80. The van der Waals surface area contributed by atoms with Crippen molar-refractivity contribution < 1.29 is 0 Å². The molecule has 2 aromatic heterocycles. The van der Waals surface area contributed by atoms with Crippen molar-refractivity contribution in [1.82, 2.24) is 14.5 Å². The molecule has 0 amide bonds. The van der Waals surface area contributed by atoms with Gasteiger partial charge in [0.05, 0.1) is 23.9 Å². The maximum atomic E-state index is 4.64. The highest BCUT2D eigenvalue weighted by atomic mass is 32.1. The van der Waals surface area contributed by atoms with E-state index in [1.54, 1.807) is 17.7 Å². The average Bonchev–Trinajstić information content (AvgIpc) is 2.84. The Hall–Kier alpha value is -1.16. The number of aryl methyl sites for hydroxylation is 1. The van der Waals surface area contributed by atoms with Crippen molar-refractivity contribution in [2.45, 2.75) is 26.2 Å². The maximum Gasteiger partial charge on any atom is 0.141 e. The normalized spacial score (nSPS) is 13.0. The van der Waals surface area contributed by atoms with Crippen LogP contribution in [0.1, 0.15) is 31.9 Å². The molecule has 80 valence electrons. The van der Waals surface area contributed by atoms with Gasteiger partial charge >= 0.3 is 0 Å². The molecule has 0 saturated heterocycles. The zero-order valence-electron chi connectivity index (χ0n) is 9.27. The molecule has 2 aromatic rings. The maximum absolute atomic E-state index is 4.64. The van der Waals surface area contributed by atoms with Gasteiger partial charge in [0.2, 0.25) is 0 Å². The predicted molar refractivity (Wildman–Crippen MR) is 63.0 cm³/mol. The van der Waals surface area contributed by atoms with Crippen LogP contribution in [-0.4, -0.2) is 14.5 Å². The first-order valence-corrected chi connectivity index (χ1v) is 6.02. The van der Waals surface area contributed by atoms with Crippen molar-refractivity contribution in [2.75, 3.05) is 0 Å². The van der Waals surface area contributed by atoms with Gasteiger partial charge in [-0.05, 0) is 12.3 Å². The van der Waals surface area contributed by atoms with Crippen LogP contribution < -0.4 is 0 Å². The molecule has 0 radical (unpaired) electrons. The lowest BCUT2D eigenvalue weighted by atomic mass is 10.1. The summed E-state index contributed by atoms with van der Waals surface area (Å²) in [6.45, 7) is 4.40. The van der Waals surface area contributed by atoms with E-state index in [1.807, 2.05) is 17.8 Å². The summed E-state index contributed by atoms with van der Waals surface area (Å²) in [5.41, 5.74) is 2.29. The Labute approximate surface area is 93.8 Å². The van der Waals surface area contributed by atoms with E-state index >= 15 is 0 Å². The van der Waals surface area contributed by atoms with Crippen LogP contribution in [-0.2, 0) is 7.05 Å². The standard InChI is InChI=1S/C11H15N3S/c1-4-8(2)9-6-15-11(13-9)10-5-12-7-14(10)3/h5-8H,4H2,1-3H3. The Morgan fingerprint density at radius 3 is 2.93 bits per heavy atom. The molecule has 2 heterocycles. The molecule has 4 heteroatoms. The first-order valence-electron chi connectivity index (χ1n) is 5.14. The largest absolute Gasteiger partial charge is 0.332 e. The molecule has 2 rings (SSSR count). The Morgan fingerprint density at radius 1 is 1.53 bits per heavy atom. The van der Waals surface area contributed by atoms with Crippen molar-refractivity contribution in [3.05, 3.63) is 23.6 Å². The monoisotopic (exact) mass is 221 g/mol. The number of hydrogen-bond acceptors (Lipinski definition) is 3. The number of rotatable bonds is 3. The van der Waals surface area contributed by atoms with Gasteiger partial charge in [-0.3, -0.25) is 0 Å². The van der Waals surface area contributed by atoms with Crippen LogP contribution in [0.4, 0.5) is 0 Å². The summed E-state index contributed by atoms with van der Waals surface area (Å²) in [5.74, 6) is 0.545. The van der Waals surface area contributed by atoms with Crippen LogP contribution >= 0.6 is 11.3 Å². The van der Waals surface area contributed by atoms with E-state index in [4.69, 9.17) is 0 Å². The number of thiazole rings is 1. The summed E-state index contributed by atoms with van der Waals surface area (Å²) < 4.78 is 2.00. The first-order chi connectivity index (χ1) is 7.22. The highest BCUT2D eigenvalue weighted by molar-refractivity contribution is 7.13. The van der Waals surface area contributed by atoms with Crippen LogP contribution in [0, 0.1) is 0 Å². The van der Waals surface area contributed by atoms with Crippen LogP contribution in [0.15, 0.2) is 17.9 Å². The zero-order chi connectivity index (χ0) is 10.8. The number of imidazole rings is 1. The fraction of sp³-hybridized carbons (Fsp3) is 0.455. The lowest BCUT2D eigenvalue weighted by Crippen LogP contribution is -1.92.